The van der Waals surface area contributed by atoms with Crippen LogP contribution in [0.25, 0.3) is 6.08 Å². The Labute approximate surface area is 87.8 Å². The van der Waals surface area contributed by atoms with Crippen molar-refractivity contribution in [3.05, 3.63) is 41.5 Å². The molecule has 1 rings (SSSR count). The van der Waals surface area contributed by atoms with Crippen LogP contribution in [0, 0.1) is 12.5 Å². The van der Waals surface area contributed by atoms with Crippen LogP contribution in [0.15, 0.2) is 35.9 Å². The van der Waals surface area contributed by atoms with Crippen LogP contribution in [0.5, 0.6) is 0 Å². The molecular weight excluding hydrogens is 190 g/mol. The van der Waals surface area contributed by atoms with Crippen molar-refractivity contribution >= 4 is 18.3 Å². The predicted octanol–water partition coefficient (Wildman–Crippen LogP) is 0.887. The lowest BCUT2D eigenvalue weighted by Gasteiger charge is -1.96. The summed E-state index contributed by atoms with van der Waals surface area (Å²) >= 11 is 0. The van der Waals surface area contributed by atoms with Gasteiger partial charge in [0.15, 0.2) is 0 Å². The maximum Gasteiger partial charge on any atom is 0.266 e. The molecule has 0 aliphatic heterocycles. The number of hydrogen-bond acceptors (Lipinski definition) is 2. The summed E-state index contributed by atoms with van der Waals surface area (Å²) in [5, 5.41) is 2.07. The summed E-state index contributed by atoms with van der Waals surface area (Å²) in [7, 11) is 0. The van der Waals surface area contributed by atoms with Gasteiger partial charge >= 0.3 is 0 Å². The van der Waals surface area contributed by atoms with Crippen molar-refractivity contribution in [3.8, 4) is 12.5 Å². The van der Waals surface area contributed by atoms with Gasteiger partial charge in [-0.2, -0.15) is 0 Å². The highest BCUT2D eigenvalue weighted by atomic mass is 16.2. The fourth-order valence-electron chi connectivity index (χ4n) is 0.990. The first kappa shape index (κ1) is 10.7. The molecule has 0 bridgehead atoms. The highest BCUT2D eigenvalue weighted by Crippen LogP contribution is 2.04. The summed E-state index contributed by atoms with van der Waals surface area (Å²) < 4.78 is 0. The van der Waals surface area contributed by atoms with E-state index >= 15 is 0 Å². The van der Waals surface area contributed by atoms with Crippen LogP contribution in [0.1, 0.15) is 5.56 Å². The van der Waals surface area contributed by atoms with E-state index in [0.29, 0.717) is 0 Å². The Morgan fingerprint density at radius 1 is 1.33 bits per heavy atom. The van der Waals surface area contributed by atoms with Crippen LogP contribution >= 0.6 is 0 Å². The lowest BCUT2D eigenvalue weighted by molar-refractivity contribution is -0.115. The lowest BCUT2D eigenvalue weighted by Crippen LogP contribution is -2.20. The Morgan fingerprint density at radius 2 is 2.00 bits per heavy atom. The van der Waals surface area contributed by atoms with Gasteiger partial charge in [0, 0.05) is 6.04 Å². The molecule has 0 aliphatic rings. The normalized spacial score (nSPS) is 10.2. The Kier molecular flexibility index (Phi) is 3.87. The number of hydrogen-bond donors (Lipinski definition) is 1. The van der Waals surface area contributed by atoms with Crippen LogP contribution in [0.4, 0.5) is 0 Å². The van der Waals surface area contributed by atoms with Crippen molar-refractivity contribution in [2.45, 2.75) is 0 Å². The number of carbonyl (C=O) groups excluding carboxylic acids is 2. The first-order valence-electron chi connectivity index (χ1n) is 4.18. The summed E-state index contributed by atoms with van der Waals surface area (Å²) in [5.74, 6) is -0.628. The minimum atomic E-state index is -0.628. The molecule has 1 radical (unpaired) electrons. The van der Waals surface area contributed by atoms with E-state index in [0.717, 1.165) is 5.56 Å². The number of amides is 1. The Bertz CT molecular complexity index is 427. The molecule has 1 aromatic carbocycles. The maximum absolute atomic E-state index is 11.2. The van der Waals surface area contributed by atoms with Crippen molar-refractivity contribution < 1.29 is 9.59 Å². The van der Waals surface area contributed by atoms with Gasteiger partial charge in [-0.25, -0.2) is 0 Å². The molecule has 0 saturated heterocycles. The molecule has 15 heavy (non-hydrogen) atoms. The fourth-order valence-corrected chi connectivity index (χ4v) is 0.990. The van der Waals surface area contributed by atoms with Gasteiger partial charge in [0.05, 0.1) is 5.57 Å². The summed E-state index contributed by atoms with van der Waals surface area (Å²) in [5.41, 5.74) is 0.613. The Morgan fingerprint density at radius 3 is 2.53 bits per heavy atom. The molecule has 0 aromatic heterocycles. The van der Waals surface area contributed by atoms with E-state index in [2.05, 4.69) is 5.32 Å². The summed E-state index contributed by atoms with van der Waals surface area (Å²) in [6.45, 7) is 0. The van der Waals surface area contributed by atoms with Crippen LogP contribution < -0.4 is 5.32 Å². The number of terminal acetylenes is 1. The standard InChI is InChI=1S/C12H8NO2/c1-2-13-12(15)11(9-14)8-10-6-4-3-5-7-10/h1,3-8H,(H,13,15). The van der Waals surface area contributed by atoms with Gasteiger partial charge in [-0.1, -0.05) is 36.8 Å². The molecule has 0 spiro atoms. The molecule has 73 valence electrons. The fraction of sp³-hybridized carbons (Fsp3) is 0. The molecule has 0 saturated carbocycles. The van der Waals surface area contributed by atoms with Crippen LogP contribution in [0.2, 0.25) is 0 Å². The van der Waals surface area contributed by atoms with E-state index in [4.69, 9.17) is 6.42 Å². The van der Waals surface area contributed by atoms with Gasteiger partial charge in [0.25, 0.3) is 5.91 Å². The number of rotatable bonds is 3. The van der Waals surface area contributed by atoms with Crippen molar-refractivity contribution in [2.75, 3.05) is 0 Å². The first-order valence-corrected chi connectivity index (χ1v) is 4.18. The minimum Gasteiger partial charge on any atom is -0.285 e. The minimum absolute atomic E-state index is 0.126. The van der Waals surface area contributed by atoms with E-state index in [1.165, 1.54) is 12.4 Å². The predicted molar refractivity (Wildman–Crippen MR) is 57.1 cm³/mol. The quantitative estimate of drug-likeness (QED) is 0.258. The average Bonchev–Trinajstić information content (AvgIpc) is 2.27. The van der Waals surface area contributed by atoms with Crippen molar-refractivity contribution in [2.24, 2.45) is 0 Å². The molecule has 0 aliphatic carbocycles. The zero-order valence-corrected chi connectivity index (χ0v) is 7.86. The van der Waals surface area contributed by atoms with E-state index in [1.54, 1.807) is 24.3 Å². The third-order valence-electron chi connectivity index (χ3n) is 1.65. The number of nitrogens with one attached hydrogen (secondary N) is 1. The van der Waals surface area contributed by atoms with Gasteiger partial charge in [0.2, 0.25) is 6.29 Å². The molecule has 1 amide bonds. The van der Waals surface area contributed by atoms with E-state index in [-0.39, 0.29) is 5.57 Å². The highest BCUT2D eigenvalue weighted by Gasteiger charge is 2.07. The highest BCUT2D eigenvalue weighted by molar-refractivity contribution is 6.15. The smallest absolute Gasteiger partial charge is 0.266 e. The van der Waals surface area contributed by atoms with E-state index in [1.807, 2.05) is 12.1 Å². The summed E-state index contributed by atoms with van der Waals surface area (Å²) in [4.78, 5) is 21.7. The number of carbonyl (C=O) groups is 1. The van der Waals surface area contributed by atoms with Gasteiger partial charge in [-0.3, -0.25) is 14.9 Å². The molecule has 1 N–H and O–H groups in total. The molecule has 0 atom stereocenters. The Hall–Kier alpha value is -2.34. The third-order valence-corrected chi connectivity index (χ3v) is 1.65. The van der Waals surface area contributed by atoms with Crippen LogP contribution in [0.3, 0.4) is 0 Å². The van der Waals surface area contributed by atoms with Crippen LogP contribution in [-0.4, -0.2) is 12.2 Å². The Balaban J connectivity index is 2.94. The zero-order chi connectivity index (χ0) is 11.1. The summed E-state index contributed by atoms with van der Waals surface area (Å²) in [6, 6.07) is 10.9. The topological polar surface area (TPSA) is 46.2 Å². The van der Waals surface area contributed by atoms with Crippen LogP contribution in [-0.2, 0) is 9.59 Å². The molecule has 1 aromatic rings. The van der Waals surface area contributed by atoms with Crippen molar-refractivity contribution in [1.82, 2.24) is 5.32 Å². The molecular formula is C12H8NO2. The van der Waals surface area contributed by atoms with Crippen molar-refractivity contribution in [1.29, 1.82) is 0 Å². The third kappa shape index (κ3) is 3.12. The first-order chi connectivity index (χ1) is 7.27. The molecule has 0 unspecified atom stereocenters. The average molecular weight is 198 g/mol. The molecule has 3 heteroatoms. The van der Waals surface area contributed by atoms with E-state index in [9.17, 15) is 9.59 Å². The lowest BCUT2D eigenvalue weighted by atomic mass is 10.1. The molecule has 3 nitrogen and oxygen atoms in total. The van der Waals surface area contributed by atoms with Gasteiger partial charge in [-0.05, 0) is 11.6 Å². The summed E-state index contributed by atoms with van der Waals surface area (Å²) in [6.07, 6.45) is 7.83. The van der Waals surface area contributed by atoms with Crippen molar-refractivity contribution in [3.63, 3.8) is 0 Å². The zero-order valence-electron chi connectivity index (χ0n) is 7.86. The van der Waals surface area contributed by atoms with Gasteiger partial charge in [-0.15, -0.1) is 0 Å². The van der Waals surface area contributed by atoms with Gasteiger partial charge < -0.3 is 0 Å². The second kappa shape index (κ2) is 5.40. The second-order valence-electron chi connectivity index (χ2n) is 2.67. The SMILES string of the molecule is C#CNC(=O)C([C]=O)=Cc1ccccc1. The maximum atomic E-state index is 11.2. The number of benzene rings is 1. The van der Waals surface area contributed by atoms with E-state index < -0.39 is 5.91 Å². The molecule has 0 heterocycles. The molecule has 0 fully saturated rings. The second-order valence-corrected chi connectivity index (χ2v) is 2.67. The monoisotopic (exact) mass is 198 g/mol. The van der Waals surface area contributed by atoms with Gasteiger partial charge in [0.1, 0.15) is 0 Å². The largest absolute Gasteiger partial charge is 0.285 e.